The van der Waals surface area contributed by atoms with Crippen LogP contribution in [-0.4, -0.2) is 15.7 Å². The molecule has 2 unspecified atom stereocenters. The van der Waals surface area contributed by atoms with Crippen molar-refractivity contribution in [1.29, 1.82) is 0 Å². The van der Waals surface area contributed by atoms with Crippen molar-refractivity contribution in [3.63, 3.8) is 0 Å². The maximum Gasteiger partial charge on any atom is 1.00 e. The summed E-state index contributed by atoms with van der Waals surface area (Å²) >= 11 is 0. The SMILES string of the molecule is C[Si]([O-])(c1ccccc1)[Si](C)([O-])c1ccccc1.[Na+].[Na+]. The summed E-state index contributed by atoms with van der Waals surface area (Å²) in [4.78, 5) is 26.0. The second kappa shape index (κ2) is 8.43. The Labute approximate surface area is 166 Å². The van der Waals surface area contributed by atoms with Crippen LogP contribution in [0.5, 0.6) is 0 Å². The Balaban J connectivity index is 0.00000180. The largest absolute Gasteiger partial charge is 1.00 e. The van der Waals surface area contributed by atoms with E-state index < -0.39 is 15.7 Å². The molecule has 2 rings (SSSR count). The van der Waals surface area contributed by atoms with Crippen molar-refractivity contribution < 1.29 is 68.7 Å². The normalized spacial score (nSPS) is 16.0. The summed E-state index contributed by atoms with van der Waals surface area (Å²) in [6.45, 7) is 3.32. The predicted molar refractivity (Wildman–Crippen MR) is 75.4 cm³/mol. The molecule has 0 aromatic heterocycles. The Morgan fingerprint density at radius 3 is 1.10 bits per heavy atom. The van der Waals surface area contributed by atoms with Crippen molar-refractivity contribution >= 4 is 26.0 Å². The summed E-state index contributed by atoms with van der Waals surface area (Å²) < 4.78 is 0. The van der Waals surface area contributed by atoms with E-state index in [4.69, 9.17) is 0 Å². The van der Waals surface area contributed by atoms with Gasteiger partial charge in [0.1, 0.15) is 0 Å². The van der Waals surface area contributed by atoms with Crippen LogP contribution in [0, 0.1) is 0 Å². The van der Waals surface area contributed by atoms with Gasteiger partial charge in [-0.25, -0.2) is 0 Å². The maximum atomic E-state index is 13.0. The molecule has 2 aromatic rings. The average molecular weight is 318 g/mol. The Bertz CT molecular complexity index is 470. The fourth-order valence-corrected chi connectivity index (χ4v) is 9.13. The van der Waals surface area contributed by atoms with Crippen LogP contribution in [0.4, 0.5) is 0 Å². The number of benzene rings is 2. The van der Waals surface area contributed by atoms with Crippen LogP contribution in [-0.2, 0) is 0 Å². The van der Waals surface area contributed by atoms with Gasteiger partial charge in [0.15, 0.2) is 0 Å². The molecule has 0 radical (unpaired) electrons. The molecule has 0 saturated heterocycles. The second-order valence-electron chi connectivity index (χ2n) is 4.80. The summed E-state index contributed by atoms with van der Waals surface area (Å²) in [7, 11) is -6.43. The first kappa shape index (κ1) is 20.8. The minimum absolute atomic E-state index is 0. The van der Waals surface area contributed by atoms with E-state index in [0.29, 0.717) is 0 Å². The van der Waals surface area contributed by atoms with Gasteiger partial charge < -0.3 is 9.59 Å². The first-order valence-electron chi connectivity index (χ1n) is 5.98. The molecular formula is C14H16Na2O2Si2. The molecule has 6 heteroatoms. The van der Waals surface area contributed by atoms with Crippen LogP contribution in [0.15, 0.2) is 60.7 Å². The summed E-state index contributed by atoms with van der Waals surface area (Å²) in [6, 6.07) is 18.4. The van der Waals surface area contributed by atoms with Crippen molar-refractivity contribution in [2.75, 3.05) is 0 Å². The van der Waals surface area contributed by atoms with E-state index in [0.717, 1.165) is 10.4 Å². The standard InChI is InChI=1S/C14H16O2Si2.2Na/c1-17(15,13-9-5-3-6-10-13)18(2,16)14-11-7-4-8-12-14;;/h3-12H,1-2H3;;/q-2;2*+1. The van der Waals surface area contributed by atoms with Crippen LogP contribution < -0.4 is 79.1 Å². The molecule has 0 bridgehead atoms. The molecule has 0 spiro atoms. The van der Waals surface area contributed by atoms with E-state index in [9.17, 15) is 9.59 Å². The van der Waals surface area contributed by atoms with Crippen molar-refractivity contribution in [2.45, 2.75) is 13.1 Å². The quantitative estimate of drug-likeness (QED) is 0.529. The van der Waals surface area contributed by atoms with Gasteiger partial charge in [-0.05, 0) is 15.7 Å². The average Bonchev–Trinajstić information content (AvgIpc) is 2.40. The topological polar surface area (TPSA) is 46.1 Å². The first-order chi connectivity index (χ1) is 8.46. The molecule has 0 fully saturated rings. The Hall–Kier alpha value is 0.794. The fourth-order valence-electron chi connectivity index (χ4n) is 2.06. The van der Waals surface area contributed by atoms with Crippen molar-refractivity contribution in [2.24, 2.45) is 0 Å². The molecule has 2 aromatic carbocycles. The molecule has 20 heavy (non-hydrogen) atoms. The predicted octanol–water partition coefficient (Wildman–Crippen LogP) is -6.24. The smallest absolute Gasteiger partial charge is 0.857 e. The fraction of sp³-hybridized carbons (Fsp3) is 0.143. The number of rotatable bonds is 3. The van der Waals surface area contributed by atoms with Gasteiger partial charge in [-0.15, -0.1) is 0 Å². The zero-order valence-corrected chi connectivity index (χ0v) is 18.6. The van der Waals surface area contributed by atoms with Crippen molar-refractivity contribution in [3.8, 4) is 0 Å². The summed E-state index contributed by atoms with van der Waals surface area (Å²) in [5, 5.41) is 1.44. The Morgan fingerprint density at radius 2 is 0.850 bits per heavy atom. The van der Waals surface area contributed by atoms with Gasteiger partial charge in [0.05, 0.1) is 0 Å². The molecule has 0 heterocycles. The summed E-state index contributed by atoms with van der Waals surface area (Å²) in [5.74, 6) is 0. The second-order valence-corrected chi connectivity index (χ2v) is 15.8. The minimum Gasteiger partial charge on any atom is -0.857 e. The molecule has 0 N–H and O–H groups in total. The van der Waals surface area contributed by atoms with Gasteiger partial charge >= 0.3 is 59.1 Å². The van der Waals surface area contributed by atoms with Gasteiger partial charge in [-0.3, -0.25) is 0 Å². The van der Waals surface area contributed by atoms with E-state index in [1.54, 1.807) is 13.1 Å². The molecule has 0 aliphatic rings. The third kappa shape index (κ3) is 4.17. The van der Waals surface area contributed by atoms with Gasteiger partial charge in [0.2, 0.25) is 0 Å². The zero-order chi connectivity index (χ0) is 13.2. The maximum absolute atomic E-state index is 13.0. The molecule has 2 nitrogen and oxygen atoms in total. The molecule has 0 aliphatic carbocycles. The van der Waals surface area contributed by atoms with E-state index in [2.05, 4.69) is 0 Å². The summed E-state index contributed by atoms with van der Waals surface area (Å²) in [5.41, 5.74) is 0. The Morgan fingerprint density at radius 1 is 0.600 bits per heavy atom. The summed E-state index contributed by atoms with van der Waals surface area (Å²) in [6.07, 6.45) is 0. The van der Waals surface area contributed by atoms with E-state index in [1.807, 2.05) is 60.7 Å². The monoisotopic (exact) mass is 318 g/mol. The molecular weight excluding hydrogens is 302 g/mol. The van der Waals surface area contributed by atoms with Gasteiger partial charge in [-0.2, -0.15) is 0 Å². The van der Waals surface area contributed by atoms with Gasteiger partial charge in [0, 0.05) is 0 Å². The molecule has 0 amide bonds. The van der Waals surface area contributed by atoms with E-state index >= 15 is 0 Å². The number of hydrogen-bond donors (Lipinski definition) is 0. The molecule has 0 saturated carbocycles. The van der Waals surface area contributed by atoms with Crippen molar-refractivity contribution in [1.82, 2.24) is 0 Å². The van der Waals surface area contributed by atoms with Crippen LogP contribution in [0.2, 0.25) is 13.1 Å². The molecule has 2 atom stereocenters. The molecule has 94 valence electrons. The van der Waals surface area contributed by atoms with Crippen LogP contribution in [0.1, 0.15) is 0 Å². The zero-order valence-electron chi connectivity index (χ0n) is 12.6. The van der Waals surface area contributed by atoms with E-state index in [1.165, 1.54) is 0 Å². The first-order valence-corrected chi connectivity index (χ1v) is 11.8. The third-order valence-corrected chi connectivity index (χ3v) is 15.4. The van der Waals surface area contributed by atoms with Crippen LogP contribution in [0.3, 0.4) is 0 Å². The third-order valence-electron chi connectivity index (χ3n) is 3.56. The van der Waals surface area contributed by atoms with Gasteiger partial charge in [0.25, 0.3) is 0 Å². The Kier molecular flexibility index (Phi) is 8.77. The minimum atomic E-state index is -3.21. The van der Waals surface area contributed by atoms with Crippen molar-refractivity contribution in [3.05, 3.63) is 60.7 Å². The van der Waals surface area contributed by atoms with Crippen LogP contribution >= 0.6 is 0 Å². The number of hydrogen-bond acceptors (Lipinski definition) is 2. The molecule has 0 aliphatic heterocycles. The van der Waals surface area contributed by atoms with Crippen LogP contribution in [0.25, 0.3) is 0 Å². The van der Waals surface area contributed by atoms with Gasteiger partial charge in [-0.1, -0.05) is 84.1 Å². The van der Waals surface area contributed by atoms with E-state index in [-0.39, 0.29) is 59.1 Å².